The summed E-state index contributed by atoms with van der Waals surface area (Å²) in [5, 5.41) is 4.29. The second-order valence-corrected chi connectivity index (χ2v) is 11.7. The normalized spacial score (nSPS) is 19.0. The third-order valence-corrected chi connectivity index (χ3v) is 8.77. The Hall–Kier alpha value is -2.20. The fraction of sp³-hybridized carbons (Fsp3) is 0.481. The van der Waals surface area contributed by atoms with Crippen LogP contribution in [0.4, 0.5) is 30.5 Å². The second kappa shape index (κ2) is 11.0. The van der Waals surface area contributed by atoms with Gasteiger partial charge in [-0.15, -0.1) is 0 Å². The number of aryl methyl sites for hydroxylation is 2. The summed E-state index contributed by atoms with van der Waals surface area (Å²) in [4.78, 5) is 18.8. The molecule has 2 aliphatic rings. The zero-order valence-corrected chi connectivity index (χ0v) is 23.6. The lowest BCUT2D eigenvalue weighted by Gasteiger charge is -2.35. The third kappa shape index (κ3) is 5.97. The van der Waals surface area contributed by atoms with Gasteiger partial charge in [0.1, 0.15) is 5.78 Å². The highest BCUT2D eigenvalue weighted by Crippen LogP contribution is 2.40. The molecule has 1 saturated heterocycles. The lowest BCUT2D eigenvalue weighted by atomic mass is 9.97. The van der Waals surface area contributed by atoms with E-state index in [1.54, 1.807) is 40.8 Å². The topological polar surface area (TPSA) is 76.2 Å². The van der Waals surface area contributed by atoms with Crippen molar-refractivity contribution in [3.8, 4) is 0 Å². The number of benzene rings is 2. The zero-order valence-electron chi connectivity index (χ0n) is 21.3. The number of nitrogens with one attached hydrogen (secondary N) is 1. The van der Waals surface area contributed by atoms with E-state index in [-0.39, 0.29) is 25.2 Å². The number of carbonyl (C=O) groups excluding carboxylic acids is 1. The summed E-state index contributed by atoms with van der Waals surface area (Å²) in [5.74, 6) is -0.643. The first-order valence-corrected chi connectivity index (χ1v) is 14.1. The van der Waals surface area contributed by atoms with Crippen LogP contribution in [-0.2, 0) is 18.3 Å². The van der Waals surface area contributed by atoms with Crippen LogP contribution in [0.15, 0.2) is 24.3 Å². The summed E-state index contributed by atoms with van der Waals surface area (Å²) in [6.07, 6.45) is -0.983. The number of nitrogens with two attached hydrogens (primary N) is 1. The Balaban J connectivity index is 1.38. The molecular formula is C27H29Cl3F3N5O. The van der Waals surface area contributed by atoms with Gasteiger partial charge in [0.25, 0.3) is 0 Å². The maximum Gasteiger partial charge on any atom is 0.393 e. The van der Waals surface area contributed by atoms with Crippen molar-refractivity contribution in [1.29, 1.82) is 0 Å². The van der Waals surface area contributed by atoms with Gasteiger partial charge in [0.15, 0.2) is 0 Å². The average Bonchev–Trinajstić information content (AvgIpc) is 3.70. The van der Waals surface area contributed by atoms with Gasteiger partial charge in [0.05, 0.1) is 49.4 Å². The molecule has 6 nitrogen and oxygen atoms in total. The Labute approximate surface area is 239 Å². The number of imidazole rings is 1. The monoisotopic (exact) mass is 601 g/mol. The molecule has 2 aromatic carbocycles. The van der Waals surface area contributed by atoms with E-state index in [1.165, 1.54) is 0 Å². The van der Waals surface area contributed by atoms with Crippen LogP contribution in [0.2, 0.25) is 15.1 Å². The molecule has 0 radical (unpaired) electrons. The molecule has 39 heavy (non-hydrogen) atoms. The number of nitrogens with zero attached hydrogens (tertiary/aromatic N) is 3. The first kappa shape index (κ1) is 28.3. The maximum atomic E-state index is 13.4. The third-order valence-electron chi connectivity index (χ3n) is 7.72. The number of anilines is 3. The summed E-state index contributed by atoms with van der Waals surface area (Å²) < 4.78 is 41.9. The van der Waals surface area contributed by atoms with Crippen molar-refractivity contribution in [2.75, 3.05) is 23.3 Å². The van der Waals surface area contributed by atoms with E-state index in [0.29, 0.717) is 68.7 Å². The van der Waals surface area contributed by atoms with Gasteiger partial charge in [-0.25, -0.2) is 4.98 Å². The van der Waals surface area contributed by atoms with Crippen molar-refractivity contribution in [2.24, 2.45) is 24.6 Å². The standard InChI is InChI=1S/C27H29Cl3F3N5O/c1-37-21-12-20(38-10-2-3-16(13-38)27(31,32)33)18(29)11-19(21)35-26(37)36-25-17(28)8-6-14(23(25)30)7-9-22(39)24(34)15-4-5-15/h6,8,11-12,15-16,24H,2-5,7,9-10,13,34H2,1H3,(H,35,36)/t16?,24-/m1/s1. The van der Waals surface area contributed by atoms with Crippen molar-refractivity contribution in [2.45, 2.75) is 50.7 Å². The molecule has 2 fully saturated rings. The second-order valence-electron chi connectivity index (χ2n) is 10.5. The molecule has 5 rings (SSSR count). The molecule has 1 saturated carbocycles. The van der Waals surface area contributed by atoms with E-state index in [0.717, 1.165) is 18.4 Å². The highest BCUT2D eigenvalue weighted by molar-refractivity contribution is 6.39. The van der Waals surface area contributed by atoms with Crippen LogP contribution >= 0.6 is 34.8 Å². The molecule has 1 aromatic heterocycles. The molecule has 0 bridgehead atoms. The Morgan fingerprint density at radius 2 is 1.92 bits per heavy atom. The van der Waals surface area contributed by atoms with Gasteiger partial charge in [-0.1, -0.05) is 40.9 Å². The van der Waals surface area contributed by atoms with E-state index >= 15 is 0 Å². The van der Waals surface area contributed by atoms with E-state index in [9.17, 15) is 18.0 Å². The number of Topliss-reactive ketones (excluding diaryl/α,β-unsaturated/α-hetero) is 1. The van der Waals surface area contributed by atoms with E-state index in [2.05, 4.69) is 10.3 Å². The number of hydrogen-bond donors (Lipinski definition) is 2. The average molecular weight is 603 g/mol. The number of alkyl halides is 3. The number of halogens is 6. The van der Waals surface area contributed by atoms with Crippen LogP contribution < -0.4 is 16.0 Å². The maximum absolute atomic E-state index is 13.4. The first-order chi connectivity index (χ1) is 18.4. The number of rotatable bonds is 8. The molecule has 0 amide bonds. The first-order valence-electron chi connectivity index (χ1n) is 12.9. The largest absolute Gasteiger partial charge is 0.393 e. The minimum absolute atomic E-state index is 0.0244. The molecule has 0 spiro atoms. The molecule has 2 heterocycles. The van der Waals surface area contributed by atoms with Crippen molar-refractivity contribution >= 4 is 68.9 Å². The number of piperidine rings is 1. The molecule has 1 unspecified atom stereocenters. The SMILES string of the molecule is Cn1c(Nc2c(Cl)ccc(CCC(=O)[C@H](N)C3CC3)c2Cl)nc2cc(Cl)c(N3CCCC(C(F)(F)F)C3)cc21. The Bertz CT molecular complexity index is 1410. The summed E-state index contributed by atoms with van der Waals surface area (Å²) >= 11 is 19.7. The summed E-state index contributed by atoms with van der Waals surface area (Å²) in [5.41, 5.74) is 9.05. The van der Waals surface area contributed by atoms with Gasteiger partial charge in [-0.3, -0.25) is 4.79 Å². The van der Waals surface area contributed by atoms with Gasteiger partial charge in [0.2, 0.25) is 5.95 Å². The molecule has 3 N–H and O–H groups in total. The van der Waals surface area contributed by atoms with Crippen LogP contribution in [0.1, 0.15) is 37.7 Å². The molecule has 12 heteroatoms. The lowest BCUT2D eigenvalue weighted by Crippen LogP contribution is -2.41. The molecule has 1 aliphatic heterocycles. The van der Waals surface area contributed by atoms with Crippen molar-refractivity contribution < 1.29 is 18.0 Å². The molecule has 3 aromatic rings. The van der Waals surface area contributed by atoms with Crippen LogP contribution in [0.25, 0.3) is 11.0 Å². The fourth-order valence-electron chi connectivity index (χ4n) is 5.18. The number of fused-ring (bicyclic) bond motifs is 1. The highest BCUT2D eigenvalue weighted by Gasteiger charge is 2.42. The van der Waals surface area contributed by atoms with E-state index in [4.69, 9.17) is 40.5 Å². The fourth-order valence-corrected chi connectivity index (χ4v) is 6.01. The predicted octanol–water partition coefficient (Wildman–Crippen LogP) is 7.29. The van der Waals surface area contributed by atoms with Crippen molar-refractivity contribution in [3.05, 3.63) is 44.9 Å². The van der Waals surface area contributed by atoms with Crippen LogP contribution in [0.5, 0.6) is 0 Å². The molecule has 1 aliphatic carbocycles. The summed E-state index contributed by atoms with van der Waals surface area (Å²) in [6, 6.07) is 6.50. The smallest absolute Gasteiger partial charge is 0.370 e. The highest BCUT2D eigenvalue weighted by atomic mass is 35.5. The van der Waals surface area contributed by atoms with Gasteiger partial charge in [-0.2, -0.15) is 13.2 Å². The minimum Gasteiger partial charge on any atom is -0.370 e. The minimum atomic E-state index is -4.25. The number of aromatic nitrogens is 2. The predicted molar refractivity (Wildman–Crippen MR) is 150 cm³/mol. The van der Waals surface area contributed by atoms with Gasteiger partial charge >= 0.3 is 6.18 Å². The molecular weight excluding hydrogens is 574 g/mol. The Kier molecular flexibility index (Phi) is 7.99. The molecule has 210 valence electrons. The Morgan fingerprint density at radius 1 is 1.18 bits per heavy atom. The van der Waals surface area contributed by atoms with Crippen LogP contribution in [0, 0.1) is 11.8 Å². The van der Waals surface area contributed by atoms with Gasteiger partial charge < -0.3 is 20.5 Å². The Morgan fingerprint density at radius 3 is 2.62 bits per heavy atom. The van der Waals surface area contributed by atoms with Crippen molar-refractivity contribution in [3.63, 3.8) is 0 Å². The zero-order chi connectivity index (χ0) is 28.1. The van der Waals surface area contributed by atoms with E-state index in [1.807, 2.05) is 0 Å². The quantitative estimate of drug-likeness (QED) is 0.283. The number of ketones is 1. The number of carbonyl (C=O) groups is 1. The van der Waals surface area contributed by atoms with Crippen molar-refractivity contribution in [1.82, 2.24) is 9.55 Å². The van der Waals surface area contributed by atoms with Crippen LogP contribution in [-0.4, -0.2) is 40.6 Å². The van der Waals surface area contributed by atoms with Gasteiger partial charge in [0, 0.05) is 26.6 Å². The summed E-state index contributed by atoms with van der Waals surface area (Å²) in [6.45, 7) is 0.358. The molecule has 2 atom stereocenters. The number of hydrogen-bond acceptors (Lipinski definition) is 5. The van der Waals surface area contributed by atoms with Crippen LogP contribution in [0.3, 0.4) is 0 Å². The summed E-state index contributed by atoms with van der Waals surface area (Å²) in [7, 11) is 1.79. The van der Waals surface area contributed by atoms with Gasteiger partial charge in [-0.05, 0) is 61.8 Å². The lowest BCUT2D eigenvalue weighted by molar-refractivity contribution is -0.176. The van der Waals surface area contributed by atoms with E-state index < -0.39 is 18.1 Å².